The molecule has 22 nitrogen and oxygen atoms in total. The number of rotatable bonds is 31. The molecular weight excluding hydrogens is 961 g/mol. The second-order valence-corrected chi connectivity index (χ2v) is 25.1. The highest BCUT2D eigenvalue weighted by molar-refractivity contribution is 6.58. The van der Waals surface area contributed by atoms with E-state index in [2.05, 4.69) is 17.7 Å². The van der Waals surface area contributed by atoms with Gasteiger partial charge in [-0.25, -0.2) is 0 Å². The number of esters is 4. The fraction of sp³-hybridized carbons (Fsp3) is 0.897. The van der Waals surface area contributed by atoms with Crippen molar-refractivity contribution in [3.05, 3.63) is 0 Å². The van der Waals surface area contributed by atoms with Crippen molar-refractivity contribution in [1.29, 1.82) is 0 Å². The first kappa shape index (κ1) is 73.1. The lowest BCUT2D eigenvalue weighted by molar-refractivity contribution is -0.149. The second-order valence-electron chi connectivity index (χ2n) is 15.3. The molecule has 394 valence electrons. The molecule has 0 saturated heterocycles. The Kier molecular flexibility index (Phi) is 49.0. The van der Waals surface area contributed by atoms with E-state index in [0.717, 1.165) is 44.9 Å². The summed E-state index contributed by atoms with van der Waals surface area (Å²) < 4.78 is 54.9. The van der Waals surface area contributed by atoms with Gasteiger partial charge in [-0.3, -0.25) is 28.1 Å². The third-order valence-electron chi connectivity index (χ3n) is 9.26. The van der Waals surface area contributed by atoms with Gasteiger partial charge in [0.1, 0.15) is 0 Å². The minimum Gasteiger partial charge on any atom is -0.465 e. The normalized spacial score (nSPS) is 13.1. The molecule has 0 aliphatic heterocycles. The Hall–Kier alpha value is -1.92. The third-order valence-corrected chi connectivity index (χ3v) is 15.9. The van der Waals surface area contributed by atoms with Crippen LogP contribution in [0.25, 0.3) is 0 Å². The van der Waals surface area contributed by atoms with E-state index in [9.17, 15) is 57.5 Å². The molecule has 0 amide bonds. The first-order chi connectivity index (χ1) is 30.6. The highest BCUT2D eigenvalue weighted by atomic mass is 28.4. The van der Waals surface area contributed by atoms with E-state index in [1.54, 1.807) is 6.92 Å². The van der Waals surface area contributed by atoms with E-state index in [0.29, 0.717) is 25.7 Å². The summed E-state index contributed by atoms with van der Waals surface area (Å²) in [5, 5.41) is 0. The van der Waals surface area contributed by atoms with Crippen molar-refractivity contribution in [1.82, 2.24) is 0 Å². The minimum absolute atomic E-state index is 0.0855. The van der Waals surface area contributed by atoms with Crippen molar-refractivity contribution >= 4 is 68.4 Å². The summed E-state index contributed by atoms with van der Waals surface area (Å²) in [7, 11) is -10.3. The van der Waals surface area contributed by atoms with Gasteiger partial charge in [-0.1, -0.05) is 74.7 Å². The van der Waals surface area contributed by atoms with E-state index in [-0.39, 0.29) is 98.2 Å². The predicted molar refractivity (Wildman–Crippen MR) is 249 cm³/mol. The molecular formula is C39H86O22Si5. The van der Waals surface area contributed by atoms with Gasteiger partial charge in [0.2, 0.25) is 0 Å². The molecule has 0 radical (unpaired) electrons. The maximum absolute atomic E-state index is 11.4. The SMILES string of the molecule is CCC(C)C(=O)OCCC[Si](O)(O)OC.CCCC(C)C(=O)OCCC[Si](O)(O)OC.CCCC(C)C(=O)OCCC[Si](O)(O)OC.CCCC(C)C(=O)OCCC[Si](O)(O)OC.O=[Si]=O. The molecule has 0 spiro atoms. The zero-order valence-electron chi connectivity index (χ0n) is 41.5. The largest absolute Gasteiger partial charge is 0.549 e. The quantitative estimate of drug-likeness (QED) is 0.0214. The van der Waals surface area contributed by atoms with Gasteiger partial charge < -0.3 is 75.0 Å². The average Bonchev–Trinajstić information content (AvgIpc) is 3.27. The van der Waals surface area contributed by atoms with E-state index >= 15 is 0 Å². The molecule has 0 saturated carbocycles. The molecule has 4 unspecified atom stereocenters. The van der Waals surface area contributed by atoms with Crippen LogP contribution >= 0.6 is 0 Å². The highest BCUT2D eigenvalue weighted by Gasteiger charge is 2.32. The average molecular weight is 1050 g/mol. The van der Waals surface area contributed by atoms with Crippen LogP contribution in [0.1, 0.15) is 126 Å². The molecule has 0 aromatic rings. The summed E-state index contributed by atoms with van der Waals surface area (Å²) >= 11 is 0. The second kappa shape index (κ2) is 44.3. The Morgan fingerprint density at radius 1 is 0.409 bits per heavy atom. The summed E-state index contributed by atoms with van der Waals surface area (Å²) in [6.45, 7) is 16.1. The molecule has 0 fully saturated rings. The van der Waals surface area contributed by atoms with Crippen LogP contribution in [0.4, 0.5) is 0 Å². The van der Waals surface area contributed by atoms with Crippen molar-refractivity contribution in [3.8, 4) is 0 Å². The summed E-state index contributed by atoms with van der Waals surface area (Å²) in [6, 6.07) is 0.605. The van der Waals surface area contributed by atoms with Gasteiger partial charge in [-0.2, -0.15) is 0 Å². The molecule has 0 aromatic carbocycles. The molecule has 66 heavy (non-hydrogen) atoms. The molecule has 4 atom stereocenters. The van der Waals surface area contributed by atoms with Gasteiger partial charge in [0, 0.05) is 52.6 Å². The summed E-state index contributed by atoms with van der Waals surface area (Å²) in [5.74, 6) is -1.25. The van der Waals surface area contributed by atoms with Gasteiger partial charge >= 0.3 is 68.4 Å². The Bertz CT molecular complexity index is 1150. The van der Waals surface area contributed by atoms with Crippen molar-refractivity contribution in [2.45, 2.75) is 150 Å². The smallest absolute Gasteiger partial charge is 0.465 e. The van der Waals surface area contributed by atoms with Crippen LogP contribution in [-0.4, -0.2) is 162 Å². The van der Waals surface area contributed by atoms with E-state index in [1.165, 1.54) is 28.4 Å². The zero-order valence-corrected chi connectivity index (χ0v) is 46.5. The highest BCUT2D eigenvalue weighted by Crippen LogP contribution is 2.13. The first-order valence-electron chi connectivity index (χ1n) is 22.3. The summed E-state index contributed by atoms with van der Waals surface area (Å²) in [6.07, 6.45) is 7.69. The van der Waals surface area contributed by atoms with Crippen molar-refractivity contribution < 1.29 is 103 Å². The molecule has 0 bridgehead atoms. The lowest BCUT2D eigenvalue weighted by Gasteiger charge is -2.15. The molecule has 27 heteroatoms. The molecule has 0 aromatic heterocycles. The number of carbonyl (C=O) groups is 4. The maximum Gasteiger partial charge on any atom is 0.549 e. The Balaban J connectivity index is -0.000000245. The molecule has 0 aliphatic carbocycles. The predicted octanol–water partition coefficient (Wildman–Crippen LogP) is 2.69. The van der Waals surface area contributed by atoms with Crippen molar-refractivity contribution in [2.24, 2.45) is 23.7 Å². The summed E-state index contributed by atoms with van der Waals surface area (Å²) in [4.78, 5) is 119. The first-order valence-corrected chi connectivity index (χ1v) is 31.1. The van der Waals surface area contributed by atoms with Gasteiger partial charge in [-0.15, -0.1) is 0 Å². The van der Waals surface area contributed by atoms with Crippen LogP contribution < -0.4 is 0 Å². The van der Waals surface area contributed by atoms with Crippen LogP contribution in [0.5, 0.6) is 0 Å². The zero-order chi connectivity index (χ0) is 52.4. The summed E-state index contributed by atoms with van der Waals surface area (Å²) in [5.41, 5.74) is 0. The number of hydrogen-bond donors (Lipinski definition) is 8. The molecule has 0 aliphatic rings. The Morgan fingerprint density at radius 2 is 0.591 bits per heavy atom. The van der Waals surface area contributed by atoms with Crippen molar-refractivity contribution in [2.75, 3.05) is 54.9 Å². The fourth-order valence-corrected chi connectivity index (χ4v) is 7.93. The van der Waals surface area contributed by atoms with Gasteiger partial charge in [0.05, 0.1) is 50.1 Å². The van der Waals surface area contributed by atoms with Gasteiger partial charge in [-0.05, 0) is 51.4 Å². The molecule has 8 N–H and O–H groups in total. The van der Waals surface area contributed by atoms with Crippen LogP contribution in [0.3, 0.4) is 0 Å². The Morgan fingerprint density at radius 3 is 0.742 bits per heavy atom. The van der Waals surface area contributed by atoms with Gasteiger partial charge in [0.25, 0.3) is 0 Å². The van der Waals surface area contributed by atoms with Crippen LogP contribution in [0, 0.1) is 23.7 Å². The van der Waals surface area contributed by atoms with Crippen molar-refractivity contribution in [3.63, 3.8) is 0 Å². The maximum atomic E-state index is 11.4. The minimum atomic E-state index is -3.48. The van der Waals surface area contributed by atoms with Crippen LogP contribution in [-0.2, 0) is 64.8 Å². The number of hydrogen-bond acceptors (Lipinski definition) is 22. The van der Waals surface area contributed by atoms with Gasteiger partial charge in [0.15, 0.2) is 0 Å². The lowest BCUT2D eigenvalue weighted by Crippen LogP contribution is -2.37. The fourth-order valence-electron chi connectivity index (χ4n) is 4.70. The number of ether oxygens (including phenoxy) is 4. The van der Waals surface area contributed by atoms with E-state index < -0.39 is 44.5 Å². The monoisotopic (exact) mass is 1050 g/mol. The topological polar surface area (TPSA) is 338 Å². The van der Waals surface area contributed by atoms with Crippen LogP contribution in [0.2, 0.25) is 24.2 Å². The third kappa shape index (κ3) is 48.5. The van der Waals surface area contributed by atoms with E-state index in [4.69, 9.17) is 27.9 Å². The van der Waals surface area contributed by atoms with Crippen LogP contribution in [0.15, 0.2) is 0 Å². The standard InChI is InChI=1S/3C10H22O5Si.C9H20O5Si.O2Si/c3*1-4-6-9(2)10(11)15-7-5-8-16(12,13)14-3;1-4-8(2)9(10)14-6-5-7-15(11,12)13-3;1-3-2/h3*9,12-13H,4-8H2,1-3H3;8,11-12H,4-7H2,1-3H3;. The lowest BCUT2D eigenvalue weighted by atomic mass is 10.1. The molecule has 0 heterocycles. The molecule has 0 rings (SSSR count). The van der Waals surface area contributed by atoms with E-state index in [1.807, 2.05) is 48.5 Å². The number of carbonyl (C=O) groups excluding carboxylic acids is 4. The Labute approximate surface area is 399 Å².